The fourth-order valence-corrected chi connectivity index (χ4v) is 3.56. The number of amides is 2. The van der Waals surface area contributed by atoms with Crippen LogP contribution < -0.4 is 15.5 Å². The van der Waals surface area contributed by atoms with Crippen molar-refractivity contribution < 1.29 is 29.0 Å². The summed E-state index contributed by atoms with van der Waals surface area (Å²) in [4.78, 5) is 36.6. The molecule has 0 spiro atoms. The largest absolute Gasteiger partial charge is 0.480 e. The van der Waals surface area contributed by atoms with E-state index >= 15 is 0 Å². The molecule has 1 aliphatic rings. The van der Waals surface area contributed by atoms with Gasteiger partial charge in [-0.05, 0) is 36.4 Å². The Balaban J connectivity index is 1.48. The van der Waals surface area contributed by atoms with Gasteiger partial charge in [-0.3, -0.25) is 9.69 Å². The molecule has 1 aromatic heterocycles. The molecule has 29 heavy (non-hydrogen) atoms. The molecule has 0 bridgehead atoms. The van der Waals surface area contributed by atoms with E-state index in [-0.39, 0.29) is 25.8 Å². The Labute approximate surface area is 175 Å². The summed E-state index contributed by atoms with van der Waals surface area (Å²) in [5, 5.41) is 14.2. The zero-order valence-electron chi connectivity index (χ0n) is 15.1. The Morgan fingerprint density at radius 3 is 2.69 bits per heavy atom. The Kier molecular flexibility index (Phi) is 6.91. The van der Waals surface area contributed by atoms with Crippen molar-refractivity contribution in [2.45, 2.75) is 6.10 Å². The number of rotatable bonds is 9. The van der Waals surface area contributed by atoms with Crippen molar-refractivity contribution in [3.8, 4) is 0 Å². The minimum Gasteiger partial charge on any atom is -0.480 e. The Morgan fingerprint density at radius 2 is 2.03 bits per heavy atom. The first-order chi connectivity index (χ1) is 13.9. The fraction of sp³-hybridized carbons (Fsp3) is 0.278. The number of carbonyl (C=O) groups is 3. The molecule has 2 amide bonds. The average Bonchev–Trinajstić information content (AvgIpc) is 3.29. The van der Waals surface area contributed by atoms with Crippen molar-refractivity contribution in [2.24, 2.45) is 0 Å². The predicted octanol–water partition coefficient (Wildman–Crippen LogP) is 2.63. The number of benzene rings is 1. The summed E-state index contributed by atoms with van der Waals surface area (Å²) in [5.74, 6) is -1.31. The van der Waals surface area contributed by atoms with Gasteiger partial charge in [0, 0.05) is 11.4 Å². The topological polar surface area (TPSA) is 117 Å². The number of carbonyl (C=O) groups excluding carboxylic acids is 2. The number of ether oxygens (including phenoxy) is 2. The molecule has 1 aromatic carbocycles. The highest BCUT2D eigenvalue weighted by atomic mass is 35.5. The molecule has 0 radical (unpaired) electrons. The fourth-order valence-electron chi connectivity index (χ4n) is 2.60. The molecule has 154 valence electrons. The number of carboxylic acids is 1. The molecule has 1 saturated heterocycles. The number of thiophene rings is 1. The van der Waals surface area contributed by atoms with Crippen LogP contribution in [0.4, 0.5) is 16.2 Å². The van der Waals surface area contributed by atoms with Gasteiger partial charge in [0.15, 0.2) is 0 Å². The van der Waals surface area contributed by atoms with Crippen LogP contribution in [0.3, 0.4) is 0 Å². The Hall–Kier alpha value is -2.82. The summed E-state index contributed by atoms with van der Waals surface area (Å²) in [5.41, 5.74) is 1.36. The van der Waals surface area contributed by atoms with E-state index in [2.05, 4.69) is 10.6 Å². The lowest BCUT2D eigenvalue weighted by Gasteiger charge is -2.14. The maximum absolute atomic E-state index is 12.1. The maximum Gasteiger partial charge on any atom is 0.414 e. The second kappa shape index (κ2) is 9.59. The molecule has 9 nitrogen and oxygen atoms in total. The minimum atomic E-state index is -1.04. The summed E-state index contributed by atoms with van der Waals surface area (Å²) in [7, 11) is 0. The molecule has 0 saturated carbocycles. The molecule has 2 aromatic rings. The van der Waals surface area contributed by atoms with Gasteiger partial charge in [0.25, 0.3) is 5.91 Å². The SMILES string of the molecule is O=C(O)COCNc1ccc(N2CC(CNC(=O)c3ccc(Cl)s3)OC2=O)cc1. The summed E-state index contributed by atoms with van der Waals surface area (Å²) >= 11 is 7.00. The van der Waals surface area contributed by atoms with E-state index in [1.54, 1.807) is 36.4 Å². The number of carboxylic acid groups (broad SMARTS) is 1. The number of cyclic esters (lactones) is 1. The van der Waals surface area contributed by atoms with Crippen LogP contribution >= 0.6 is 22.9 Å². The van der Waals surface area contributed by atoms with Gasteiger partial charge in [-0.2, -0.15) is 0 Å². The van der Waals surface area contributed by atoms with E-state index in [0.717, 1.165) is 0 Å². The van der Waals surface area contributed by atoms with Crippen LogP contribution in [0.15, 0.2) is 36.4 Å². The number of aliphatic carboxylic acids is 1. The molecule has 3 N–H and O–H groups in total. The standard InChI is InChI=1S/C18H18ClN3O6S/c19-15-6-5-14(29-15)17(25)20-7-13-8-22(18(26)28-13)12-3-1-11(2-4-12)21-10-27-9-16(23)24/h1-6,13,21H,7-10H2,(H,20,25)(H,23,24). The van der Waals surface area contributed by atoms with Crippen LogP contribution in [-0.2, 0) is 14.3 Å². The summed E-state index contributed by atoms with van der Waals surface area (Å²) in [6.07, 6.45) is -0.960. The normalized spacial score (nSPS) is 15.8. The highest BCUT2D eigenvalue weighted by Crippen LogP contribution is 2.24. The second-order valence-electron chi connectivity index (χ2n) is 6.04. The summed E-state index contributed by atoms with van der Waals surface area (Å²) in [6.45, 7) is 0.159. The van der Waals surface area contributed by atoms with Gasteiger partial charge in [-0.1, -0.05) is 11.6 Å². The van der Waals surface area contributed by atoms with Gasteiger partial charge in [-0.25, -0.2) is 9.59 Å². The smallest absolute Gasteiger partial charge is 0.414 e. The van der Waals surface area contributed by atoms with Crippen LogP contribution in [0.2, 0.25) is 4.34 Å². The first-order valence-corrected chi connectivity index (χ1v) is 9.77. The highest BCUT2D eigenvalue weighted by Gasteiger charge is 2.32. The van der Waals surface area contributed by atoms with E-state index < -0.39 is 18.2 Å². The molecule has 1 aliphatic heterocycles. The average molecular weight is 440 g/mol. The van der Waals surface area contributed by atoms with Crippen molar-refractivity contribution >= 4 is 52.3 Å². The van der Waals surface area contributed by atoms with Crippen molar-refractivity contribution in [3.63, 3.8) is 0 Å². The van der Waals surface area contributed by atoms with Crippen molar-refractivity contribution in [1.29, 1.82) is 0 Å². The van der Waals surface area contributed by atoms with Gasteiger partial charge < -0.3 is 25.2 Å². The van der Waals surface area contributed by atoms with E-state index in [1.165, 1.54) is 16.2 Å². The molecule has 0 aliphatic carbocycles. The maximum atomic E-state index is 12.1. The van der Waals surface area contributed by atoms with E-state index in [0.29, 0.717) is 27.1 Å². The summed E-state index contributed by atoms with van der Waals surface area (Å²) < 4.78 is 10.7. The Morgan fingerprint density at radius 1 is 1.28 bits per heavy atom. The van der Waals surface area contributed by atoms with E-state index in [4.69, 9.17) is 26.2 Å². The van der Waals surface area contributed by atoms with Crippen LogP contribution in [-0.4, -0.2) is 55.6 Å². The number of hydrogen-bond acceptors (Lipinski definition) is 7. The lowest BCUT2D eigenvalue weighted by molar-refractivity contribution is -0.141. The number of halogens is 1. The number of nitrogens with zero attached hydrogens (tertiary/aromatic N) is 1. The third kappa shape index (κ3) is 5.83. The molecule has 3 rings (SSSR count). The lowest BCUT2D eigenvalue weighted by atomic mass is 10.2. The Bertz CT molecular complexity index is 888. The zero-order chi connectivity index (χ0) is 20.8. The zero-order valence-corrected chi connectivity index (χ0v) is 16.7. The van der Waals surface area contributed by atoms with Crippen molar-refractivity contribution in [1.82, 2.24) is 5.32 Å². The molecule has 2 heterocycles. The minimum absolute atomic E-state index is 0.0502. The molecule has 11 heteroatoms. The third-order valence-corrected chi connectivity index (χ3v) is 5.17. The number of nitrogens with one attached hydrogen (secondary N) is 2. The first-order valence-electron chi connectivity index (χ1n) is 8.57. The van der Waals surface area contributed by atoms with Crippen LogP contribution in [0.25, 0.3) is 0 Å². The van der Waals surface area contributed by atoms with E-state index in [1.807, 2.05) is 0 Å². The van der Waals surface area contributed by atoms with E-state index in [9.17, 15) is 14.4 Å². The lowest BCUT2D eigenvalue weighted by Crippen LogP contribution is -2.34. The van der Waals surface area contributed by atoms with Crippen LogP contribution in [0, 0.1) is 0 Å². The predicted molar refractivity (Wildman–Crippen MR) is 108 cm³/mol. The van der Waals surface area contributed by atoms with Crippen molar-refractivity contribution in [2.75, 3.05) is 36.6 Å². The number of anilines is 2. The van der Waals surface area contributed by atoms with Gasteiger partial charge in [0.05, 0.1) is 22.3 Å². The van der Waals surface area contributed by atoms with Crippen LogP contribution in [0.1, 0.15) is 9.67 Å². The molecule has 1 fully saturated rings. The second-order valence-corrected chi connectivity index (χ2v) is 7.76. The quantitative estimate of drug-likeness (QED) is 0.406. The van der Waals surface area contributed by atoms with Gasteiger partial charge in [-0.15, -0.1) is 11.3 Å². The van der Waals surface area contributed by atoms with Gasteiger partial charge >= 0.3 is 12.1 Å². The molecular formula is C18H18ClN3O6S. The van der Waals surface area contributed by atoms with Gasteiger partial charge in [0.1, 0.15) is 19.4 Å². The monoisotopic (exact) mass is 439 g/mol. The first kappa shape index (κ1) is 20.9. The third-order valence-electron chi connectivity index (χ3n) is 3.94. The number of hydrogen-bond donors (Lipinski definition) is 3. The molecule has 1 unspecified atom stereocenters. The highest BCUT2D eigenvalue weighted by molar-refractivity contribution is 7.17. The molecule has 1 atom stereocenters. The van der Waals surface area contributed by atoms with Gasteiger partial charge in [0.2, 0.25) is 0 Å². The molecular weight excluding hydrogens is 422 g/mol. The van der Waals surface area contributed by atoms with Crippen LogP contribution in [0.5, 0.6) is 0 Å². The summed E-state index contributed by atoms with van der Waals surface area (Å²) in [6, 6.07) is 10.2. The van der Waals surface area contributed by atoms with Crippen molar-refractivity contribution in [3.05, 3.63) is 45.6 Å².